The Balaban J connectivity index is 1.20. The molecule has 2 heterocycles. The van der Waals surface area contributed by atoms with Crippen LogP contribution in [0.15, 0.2) is 54.6 Å². The highest BCUT2D eigenvalue weighted by Crippen LogP contribution is 2.33. The van der Waals surface area contributed by atoms with Crippen LogP contribution in [0.2, 0.25) is 0 Å². The van der Waals surface area contributed by atoms with Crippen LogP contribution in [0.5, 0.6) is 5.75 Å². The van der Waals surface area contributed by atoms with Crippen molar-refractivity contribution in [2.45, 2.75) is 19.8 Å². The highest BCUT2D eigenvalue weighted by atomic mass is 16.5. The highest BCUT2D eigenvalue weighted by Gasteiger charge is 2.26. The molecular formula is C26H31N3O3. The van der Waals surface area contributed by atoms with Crippen molar-refractivity contribution in [3.8, 4) is 5.75 Å². The van der Waals surface area contributed by atoms with Crippen LogP contribution in [0.1, 0.15) is 24.0 Å². The summed E-state index contributed by atoms with van der Waals surface area (Å²) >= 11 is 0. The van der Waals surface area contributed by atoms with E-state index in [9.17, 15) is 9.59 Å². The molecule has 0 N–H and O–H groups in total. The molecule has 0 spiro atoms. The van der Waals surface area contributed by atoms with Gasteiger partial charge >= 0.3 is 0 Å². The van der Waals surface area contributed by atoms with Gasteiger partial charge in [-0.25, -0.2) is 0 Å². The lowest BCUT2D eigenvalue weighted by Gasteiger charge is -2.34. The first kappa shape index (κ1) is 22.1. The maximum absolute atomic E-state index is 12.7. The van der Waals surface area contributed by atoms with Crippen LogP contribution in [0.3, 0.4) is 0 Å². The van der Waals surface area contributed by atoms with Crippen molar-refractivity contribution >= 4 is 23.6 Å². The summed E-state index contributed by atoms with van der Waals surface area (Å²) in [4.78, 5) is 31.1. The van der Waals surface area contributed by atoms with Gasteiger partial charge in [0, 0.05) is 45.7 Å². The number of hydrogen-bond acceptors (Lipinski definition) is 4. The third-order valence-electron chi connectivity index (χ3n) is 6.03. The van der Waals surface area contributed by atoms with Crippen LogP contribution in [-0.2, 0) is 9.59 Å². The van der Waals surface area contributed by atoms with E-state index in [1.807, 2.05) is 48.2 Å². The van der Waals surface area contributed by atoms with Crippen molar-refractivity contribution in [3.63, 3.8) is 0 Å². The van der Waals surface area contributed by atoms with Gasteiger partial charge in [-0.15, -0.1) is 0 Å². The fourth-order valence-corrected chi connectivity index (χ4v) is 4.19. The van der Waals surface area contributed by atoms with E-state index in [-0.39, 0.29) is 18.4 Å². The molecule has 6 heteroatoms. The SMILES string of the molecule is Cc1ccc2c(c1)N(CCCC(=O)N1CCN(CC=Cc3ccccc3)CC1)C(=O)CO2. The Morgan fingerprint density at radius 3 is 2.62 bits per heavy atom. The van der Waals surface area contributed by atoms with E-state index in [4.69, 9.17) is 4.74 Å². The summed E-state index contributed by atoms with van der Waals surface area (Å²) in [6.07, 6.45) is 5.44. The monoisotopic (exact) mass is 433 g/mol. The van der Waals surface area contributed by atoms with Crippen LogP contribution < -0.4 is 9.64 Å². The number of aryl methyl sites for hydroxylation is 1. The molecule has 0 radical (unpaired) electrons. The number of ether oxygens (including phenoxy) is 1. The summed E-state index contributed by atoms with van der Waals surface area (Å²) in [5.41, 5.74) is 3.10. The van der Waals surface area contributed by atoms with E-state index in [1.165, 1.54) is 5.56 Å². The number of hydrogen-bond donors (Lipinski definition) is 0. The lowest BCUT2D eigenvalue weighted by atomic mass is 10.1. The van der Waals surface area contributed by atoms with Gasteiger partial charge in [-0.2, -0.15) is 0 Å². The quantitative estimate of drug-likeness (QED) is 0.672. The van der Waals surface area contributed by atoms with Crippen molar-refractivity contribution in [1.82, 2.24) is 9.80 Å². The van der Waals surface area contributed by atoms with Gasteiger partial charge in [0.05, 0.1) is 5.69 Å². The largest absolute Gasteiger partial charge is 0.482 e. The summed E-state index contributed by atoms with van der Waals surface area (Å²) in [5.74, 6) is 0.862. The van der Waals surface area contributed by atoms with Gasteiger partial charge in [0.2, 0.25) is 5.91 Å². The molecule has 1 saturated heterocycles. The van der Waals surface area contributed by atoms with Gasteiger partial charge in [0.25, 0.3) is 5.91 Å². The van der Waals surface area contributed by atoms with Crippen LogP contribution in [0.4, 0.5) is 5.69 Å². The molecule has 2 amide bonds. The maximum Gasteiger partial charge on any atom is 0.265 e. The molecule has 6 nitrogen and oxygen atoms in total. The van der Waals surface area contributed by atoms with Gasteiger partial charge in [0.15, 0.2) is 6.61 Å². The first-order chi connectivity index (χ1) is 15.6. The number of benzene rings is 2. The number of carbonyl (C=O) groups excluding carboxylic acids is 2. The molecule has 0 bridgehead atoms. The minimum absolute atomic E-state index is 0.0484. The molecule has 32 heavy (non-hydrogen) atoms. The Bertz CT molecular complexity index is 966. The second-order valence-corrected chi connectivity index (χ2v) is 8.40. The van der Waals surface area contributed by atoms with Crippen LogP contribution in [0.25, 0.3) is 6.08 Å². The Kier molecular flexibility index (Phi) is 7.22. The van der Waals surface area contributed by atoms with Gasteiger partial charge in [-0.3, -0.25) is 14.5 Å². The molecular weight excluding hydrogens is 402 g/mol. The first-order valence-electron chi connectivity index (χ1n) is 11.4. The van der Waals surface area contributed by atoms with Crippen LogP contribution in [0, 0.1) is 6.92 Å². The second-order valence-electron chi connectivity index (χ2n) is 8.40. The van der Waals surface area contributed by atoms with Gasteiger partial charge in [-0.05, 0) is 36.6 Å². The Hall–Kier alpha value is -3.12. The highest BCUT2D eigenvalue weighted by molar-refractivity contribution is 5.98. The third-order valence-corrected chi connectivity index (χ3v) is 6.03. The molecule has 4 rings (SSSR count). The molecule has 0 aromatic heterocycles. The smallest absolute Gasteiger partial charge is 0.265 e. The predicted molar refractivity (Wildman–Crippen MR) is 127 cm³/mol. The third kappa shape index (κ3) is 5.56. The summed E-state index contributed by atoms with van der Waals surface area (Å²) < 4.78 is 5.53. The average molecular weight is 434 g/mol. The van der Waals surface area contributed by atoms with Crippen molar-refractivity contribution in [2.24, 2.45) is 0 Å². The van der Waals surface area contributed by atoms with E-state index in [0.29, 0.717) is 19.4 Å². The fraction of sp³-hybridized carbons (Fsp3) is 0.385. The second kappa shape index (κ2) is 10.5. The number of anilines is 1. The molecule has 1 fully saturated rings. The molecule has 168 valence electrons. The Morgan fingerprint density at radius 1 is 1.06 bits per heavy atom. The normalized spacial score (nSPS) is 16.8. The summed E-state index contributed by atoms with van der Waals surface area (Å²) in [6, 6.07) is 16.1. The van der Waals surface area contributed by atoms with E-state index in [0.717, 1.165) is 49.7 Å². The number of amides is 2. The van der Waals surface area contributed by atoms with E-state index >= 15 is 0 Å². The molecule has 0 saturated carbocycles. The molecule has 0 aliphatic carbocycles. The van der Waals surface area contributed by atoms with E-state index in [2.05, 4.69) is 29.2 Å². The fourth-order valence-electron chi connectivity index (χ4n) is 4.19. The molecule has 0 atom stereocenters. The molecule has 2 aromatic carbocycles. The number of fused-ring (bicyclic) bond motifs is 1. The average Bonchev–Trinajstić information content (AvgIpc) is 2.81. The standard InChI is InChI=1S/C26H31N3O3/c1-21-11-12-24-23(19-21)29(26(31)20-32-24)14-6-10-25(30)28-17-15-27(16-18-28)13-5-9-22-7-3-2-4-8-22/h2-5,7-9,11-12,19H,6,10,13-18,20H2,1H3. The van der Waals surface area contributed by atoms with Crippen molar-refractivity contribution in [1.29, 1.82) is 0 Å². The van der Waals surface area contributed by atoms with Crippen molar-refractivity contribution < 1.29 is 14.3 Å². The number of nitrogens with zero attached hydrogens (tertiary/aromatic N) is 3. The summed E-state index contributed by atoms with van der Waals surface area (Å²) in [7, 11) is 0. The summed E-state index contributed by atoms with van der Waals surface area (Å²) in [5, 5.41) is 0. The van der Waals surface area contributed by atoms with Gasteiger partial charge in [0.1, 0.15) is 5.75 Å². The lowest BCUT2D eigenvalue weighted by molar-refractivity contribution is -0.133. The zero-order valence-corrected chi connectivity index (χ0v) is 18.7. The topological polar surface area (TPSA) is 53.1 Å². The van der Waals surface area contributed by atoms with Crippen molar-refractivity contribution in [3.05, 3.63) is 65.7 Å². The van der Waals surface area contributed by atoms with Gasteiger partial charge in [-0.1, -0.05) is 48.6 Å². The number of rotatable bonds is 7. The number of carbonyl (C=O) groups is 2. The van der Waals surface area contributed by atoms with Crippen LogP contribution >= 0.6 is 0 Å². The van der Waals surface area contributed by atoms with Crippen LogP contribution in [-0.4, -0.2) is 67.5 Å². The van der Waals surface area contributed by atoms with Crippen molar-refractivity contribution in [2.75, 3.05) is 50.8 Å². The van der Waals surface area contributed by atoms with Gasteiger partial charge < -0.3 is 14.5 Å². The molecule has 2 aliphatic heterocycles. The maximum atomic E-state index is 12.7. The number of piperazine rings is 1. The van der Waals surface area contributed by atoms with E-state index < -0.39 is 0 Å². The summed E-state index contributed by atoms with van der Waals surface area (Å²) in [6.45, 7) is 6.79. The predicted octanol–water partition coefficient (Wildman–Crippen LogP) is 3.36. The first-order valence-corrected chi connectivity index (χ1v) is 11.4. The molecule has 2 aliphatic rings. The minimum atomic E-state index is -0.0484. The zero-order valence-electron chi connectivity index (χ0n) is 18.7. The zero-order chi connectivity index (χ0) is 22.3. The van der Waals surface area contributed by atoms with E-state index in [1.54, 1.807) is 4.90 Å². The lowest BCUT2D eigenvalue weighted by Crippen LogP contribution is -2.48. The molecule has 0 unspecified atom stereocenters. The minimum Gasteiger partial charge on any atom is -0.482 e. The Morgan fingerprint density at radius 2 is 1.84 bits per heavy atom. The molecule has 2 aromatic rings. The Labute approximate surface area is 190 Å².